The van der Waals surface area contributed by atoms with E-state index >= 15 is 0 Å². The molecule has 0 aromatic carbocycles. The molecule has 0 aliphatic rings. The molecule has 0 saturated heterocycles. The van der Waals surface area contributed by atoms with Crippen molar-refractivity contribution in [2.75, 3.05) is 0 Å². The number of nitrogens with zero attached hydrogens (tertiary/aromatic N) is 2. The normalized spacial score (nSPS) is 13.5. The van der Waals surface area contributed by atoms with E-state index in [2.05, 4.69) is 4.98 Å². The van der Waals surface area contributed by atoms with Gasteiger partial charge in [0, 0.05) is 6.20 Å². The van der Waals surface area contributed by atoms with Gasteiger partial charge in [-0.2, -0.15) is 26.3 Å². The predicted octanol–water partition coefficient (Wildman–Crippen LogP) is 3.28. The molecule has 0 spiro atoms. The van der Waals surface area contributed by atoms with Crippen LogP contribution in [-0.4, -0.2) is 16.1 Å². The van der Waals surface area contributed by atoms with Crippen LogP contribution in [0.3, 0.4) is 0 Å². The standard InChI is InChI=1S/C9H4F6N2O2/c10-8(11,12)6(4-17(18)19)5-1-2-16-7(3-5)9(13,14)15/h1-4H/b6-4+. The molecule has 0 unspecified atom stereocenters. The Kier molecular flexibility index (Phi) is 3.82. The third kappa shape index (κ3) is 3.93. The average Bonchev–Trinajstić information content (AvgIpc) is 2.23. The topological polar surface area (TPSA) is 56.0 Å². The van der Waals surface area contributed by atoms with Crippen molar-refractivity contribution in [1.29, 1.82) is 0 Å². The molecule has 0 fully saturated rings. The van der Waals surface area contributed by atoms with Gasteiger partial charge in [0.05, 0.1) is 4.92 Å². The molecule has 0 aliphatic carbocycles. The maximum atomic E-state index is 12.5. The minimum Gasteiger partial charge on any atom is -0.259 e. The zero-order valence-corrected chi connectivity index (χ0v) is 8.79. The van der Waals surface area contributed by atoms with Gasteiger partial charge < -0.3 is 0 Å². The van der Waals surface area contributed by atoms with Crippen LogP contribution in [-0.2, 0) is 6.18 Å². The summed E-state index contributed by atoms with van der Waals surface area (Å²) in [5, 5.41) is 10.1. The van der Waals surface area contributed by atoms with Crippen LogP contribution >= 0.6 is 0 Å². The molecule has 1 rings (SSSR count). The molecule has 1 aromatic rings. The summed E-state index contributed by atoms with van der Waals surface area (Å²) in [6.07, 6.45) is -9.99. The number of halogens is 6. The number of hydrogen-bond acceptors (Lipinski definition) is 3. The molecule has 4 nitrogen and oxygen atoms in total. The largest absolute Gasteiger partial charge is 0.433 e. The van der Waals surface area contributed by atoms with Crippen molar-refractivity contribution < 1.29 is 31.3 Å². The number of allylic oxidation sites excluding steroid dienone is 1. The fourth-order valence-electron chi connectivity index (χ4n) is 1.17. The number of alkyl halides is 6. The summed E-state index contributed by atoms with van der Waals surface area (Å²) in [5.41, 5.74) is -4.33. The fraction of sp³-hybridized carbons (Fsp3) is 0.222. The minimum atomic E-state index is -5.16. The lowest BCUT2D eigenvalue weighted by Gasteiger charge is -2.11. The fourth-order valence-corrected chi connectivity index (χ4v) is 1.17. The second-order valence-electron chi connectivity index (χ2n) is 3.25. The number of nitro groups is 1. The maximum Gasteiger partial charge on any atom is 0.433 e. The Morgan fingerprint density at radius 1 is 1.26 bits per heavy atom. The van der Waals surface area contributed by atoms with E-state index in [-0.39, 0.29) is 6.07 Å². The molecule has 0 N–H and O–H groups in total. The Labute approximate surface area is 101 Å². The third-order valence-corrected chi connectivity index (χ3v) is 1.90. The highest BCUT2D eigenvalue weighted by atomic mass is 19.4. The molecular formula is C9H4F6N2O2. The van der Waals surface area contributed by atoms with Crippen molar-refractivity contribution >= 4 is 5.57 Å². The van der Waals surface area contributed by atoms with Crippen molar-refractivity contribution in [3.05, 3.63) is 45.9 Å². The van der Waals surface area contributed by atoms with E-state index in [9.17, 15) is 36.5 Å². The lowest BCUT2D eigenvalue weighted by atomic mass is 10.1. The van der Waals surface area contributed by atoms with Gasteiger partial charge in [0.2, 0.25) is 6.20 Å². The molecule has 0 atom stereocenters. The Balaban J connectivity index is 3.37. The van der Waals surface area contributed by atoms with Gasteiger partial charge in [0.1, 0.15) is 11.3 Å². The van der Waals surface area contributed by atoms with Crippen LogP contribution in [0.15, 0.2) is 24.5 Å². The predicted molar refractivity (Wildman–Crippen MR) is 50.3 cm³/mol. The highest BCUT2D eigenvalue weighted by Gasteiger charge is 2.39. The van der Waals surface area contributed by atoms with Crippen LogP contribution in [0.4, 0.5) is 26.3 Å². The molecule has 0 aliphatic heterocycles. The van der Waals surface area contributed by atoms with E-state index < -0.39 is 40.3 Å². The Hall–Kier alpha value is -2.13. The summed E-state index contributed by atoms with van der Waals surface area (Å²) in [7, 11) is 0. The van der Waals surface area contributed by atoms with Crippen molar-refractivity contribution in [3.8, 4) is 0 Å². The van der Waals surface area contributed by atoms with Crippen LogP contribution in [0.1, 0.15) is 11.3 Å². The van der Waals surface area contributed by atoms with E-state index in [0.717, 1.165) is 0 Å². The van der Waals surface area contributed by atoms with Gasteiger partial charge in [-0.15, -0.1) is 0 Å². The van der Waals surface area contributed by atoms with E-state index in [1.54, 1.807) is 0 Å². The van der Waals surface area contributed by atoms with Crippen molar-refractivity contribution in [2.24, 2.45) is 0 Å². The summed E-state index contributed by atoms with van der Waals surface area (Å²) in [4.78, 5) is 11.6. The number of rotatable bonds is 2. The summed E-state index contributed by atoms with van der Waals surface area (Å²) in [6.45, 7) is 0. The van der Waals surface area contributed by atoms with Crippen molar-refractivity contribution in [2.45, 2.75) is 12.4 Å². The highest BCUT2D eigenvalue weighted by Crippen LogP contribution is 2.36. The second kappa shape index (κ2) is 4.86. The first-order chi connectivity index (χ1) is 8.51. The van der Waals surface area contributed by atoms with Crippen LogP contribution in [0.25, 0.3) is 5.57 Å². The summed E-state index contributed by atoms with van der Waals surface area (Å²) in [5.74, 6) is 0. The number of hydrogen-bond donors (Lipinski definition) is 0. The third-order valence-electron chi connectivity index (χ3n) is 1.90. The Bertz CT molecular complexity index is 520. The molecule has 19 heavy (non-hydrogen) atoms. The molecule has 104 valence electrons. The van der Waals surface area contributed by atoms with Crippen LogP contribution in [0.5, 0.6) is 0 Å². The summed E-state index contributed by atoms with van der Waals surface area (Å²) >= 11 is 0. The molecular weight excluding hydrogens is 282 g/mol. The Morgan fingerprint density at radius 3 is 2.26 bits per heavy atom. The molecule has 0 saturated carbocycles. The van der Waals surface area contributed by atoms with Gasteiger partial charge >= 0.3 is 12.4 Å². The van der Waals surface area contributed by atoms with Gasteiger partial charge in [-0.1, -0.05) is 0 Å². The van der Waals surface area contributed by atoms with Gasteiger partial charge in [-0.3, -0.25) is 15.1 Å². The van der Waals surface area contributed by atoms with E-state index in [0.29, 0.717) is 12.3 Å². The molecule has 1 aromatic heterocycles. The quantitative estimate of drug-likeness (QED) is 0.476. The van der Waals surface area contributed by atoms with Gasteiger partial charge in [-0.05, 0) is 17.7 Å². The van der Waals surface area contributed by atoms with Gasteiger partial charge in [-0.25, -0.2) is 0 Å². The molecule has 10 heteroatoms. The molecule has 0 bridgehead atoms. The SMILES string of the molecule is O=[N+]([O-])/C=C(\c1ccnc(C(F)(F)F)c1)C(F)(F)F. The van der Waals surface area contributed by atoms with Crippen molar-refractivity contribution in [1.82, 2.24) is 4.98 Å². The summed E-state index contributed by atoms with van der Waals surface area (Å²) in [6, 6.07) is 0.709. The molecule has 0 radical (unpaired) electrons. The van der Waals surface area contributed by atoms with Crippen LogP contribution in [0, 0.1) is 10.1 Å². The monoisotopic (exact) mass is 286 g/mol. The zero-order valence-electron chi connectivity index (χ0n) is 8.79. The zero-order chi connectivity index (χ0) is 14.8. The first-order valence-corrected chi connectivity index (χ1v) is 4.48. The van der Waals surface area contributed by atoms with E-state index in [1.165, 1.54) is 0 Å². The number of pyridine rings is 1. The lowest BCUT2D eigenvalue weighted by Crippen LogP contribution is -2.14. The first-order valence-electron chi connectivity index (χ1n) is 4.48. The van der Waals surface area contributed by atoms with Gasteiger partial charge in [0.25, 0.3) is 0 Å². The van der Waals surface area contributed by atoms with Gasteiger partial charge in [0.15, 0.2) is 0 Å². The average molecular weight is 286 g/mol. The van der Waals surface area contributed by atoms with Crippen molar-refractivity contribution in [3.63, 3.8) is 0 Å². The molecule has 0 amide bonds. The Morgan fingerprint density at radius 2 is 1.84 bits per heavy atom. The minimum absolute atomic E-state index is 0.100. The summed E-state index contributed by atoms with van der Waals surface area (Å²) < 4.78 is 74.4. The molecule has 1 heterocycles. The smallest absolute Gasteiger partial charge is 0.259 e. The first kappa shape index (κ1) is 14.9. The maximum absolute atomic E-state index is 12.5. The highest BCUT2D eigenvalue weighted by molar-refractivity contribution is 5.68. The lowest BCUT2D eigenvalue weighted by molar-refractivity contribution is -0.402. The number of aromatic nitrogens is 1. The van der Waals surface area contributed by atoms with Crippen LogP contribution in [0.2, 0.25) is 0 Å². The van der Waals surface area contributed by atoms with E-state index in [4.69, 9.17) is 0 Å². The second-order valence-corrected chi connectivity index (χ2v) is 3.25. The van der Waals surface area contributed by atoms with E-state index in [1.807, 2.05) is 0 Å². The van der Waals surface area contributed by atoms with Crippen LogP contribution < -0.4 is 0 Å².